The fourth-order valence-electron chi connectivity index (χ4n) is 2.23. The van der Waals surface area contributed by atoms with Gasteiger partial charge in [-0.2, -0.15) is 18.2 Å². The molecule has 12 heteroatoms. The SMILES string of the molecule is FC(F)(F)c1nc(-c2ccc(CN(c3cnccn3)c3cscn3)s2)no1. The van der Waals surface area contributed by atoms with E-state index < -0.39 is 12.1 Å². The highest BCUT2D eigenvalue weighted by Crippen LogP contribution is 2.33. The molecule has 0 radical (unpaired) electrons. The van der Waals surface area contributed by atoms with Gasteiger partial charge in [0, 0.05) is 22.7 Å². The van der Waals surface area contributed by atoms with Crippen LogP contribution in [0.1, 0.15) is 10.8 Å². The maximum absolute atomic E-state index is 12.6. The zero-order valence-electron chi connectivity index (χ0n) is 13.3. The highest BCUT2D eigenvalue weighted by Gasteiger charge is 2.38. The maximum atomic E-state index is 12.6. The molecule has 4 aromatic heterocycles. The molecule has 0 saturated carbocycles. The summed E-state index contributed by atoms with van der Waals surface area (Å²) < 4.78 is 42.1. The van der Waals surface area contributed by atoms with Gasteiger partial charge in [-0.1, -0.05) is 5.16 Å². The van der Waals surface area contributed by atoms with Gasteiger partial charge in [0.15, 0.2) is 5.82 Å². The largest absolute Gasteiger partial charge is 0.471 e. The molecule has 0 amide bonds. The molecule has 4 heterocycles. The molecule has 0 spiro atoms. The predicted octanol–water partition coefficient (Wildman–Crippen LogP) is 4.40. The first kappa shape index (κ1) is 17.5. The zero-order valence-corrected chi connectivity index (χ0v) is 14.9. The lowest BCUT2D eigenvalue weighted by Gasteiger charge is -2.19. The number of rotatable bonds is 5. The fourth-order valence-corrected chi connectivity index (χ4v) is 3.69. The Bertz CT molecular complexity index is 1020. The standard InChI is InChI=1S/C15H9F3N6OS2/c16-15(17,18)14-22-13(23-25-14)10-2-1-9(27-10)6-24(12-7-26-8-21-12)11-5-19-3-4-20-11/h1-5,7-8H,6H2. The minimum absolute atomic E-state index is 0.0988. The van der Waals surface area contributed by atoms with E-state index in [-0.39, 0.29) is 5.82 Å². The molecule has 7 nitrogen and oxygen atoms in total. The van der Waals surface area contributed by atoms with Crippen LogP contribution in [-0.4, -0.2) is 25.1 Å². The number of hydrogen-bond donors (Lipinski definition) is 0. The second kappa shape index (κ2) is 7.04. The molecular formula is C15H9F3N6OS2. The number of aromatic nitrogens is 5. The minimum atomic E-state index is -4.67. The number of thiophene rings is 1. The number of thiazole rings is 1. The van der Waals surface area contributed by atoms with E-state index in [2.05, 4.69) is 29.6 Å². The van der Waals surface area contributed by atoms with Crippen LogP contribution in [0.3, 0.4) is 0 Å². The average molecular weight is 410 g/mol. The lowest BCUT2D eigenvalue weighted by Crippen LogP contribution is -2.17. The quantitative estimate of drug-likeness (QED) is 0.482. The summed E-state index contributed by atoms with van der Waals surface area (Å²) >= 11 is 2.71. The lowest BCUT2D eigenvalue weighted by atomic mass is 10.3. The second-order valence-electron chi connectivity index (χ2n) is 5.18. The molecule has 27 heavy (non-hydrogen) atoms. The van der Waals surface area contributed by atoms with Crippen LogP contribution in [0.15, 0.2) is 46.1 Å². The topological polar surface area (TPSA) is 80.8 Å². The first-order valence-electron chi connectivity index (χ1n) is 7.42. The fraction of sp³-hybridized carbons (Fsp3) is 0.133. The van der Waals surface area contributed by atoms with Crippen molar-refractivity contribution in [3.8, 4) is 10.7 Å². The van der Waals surface area contributed by atoms with Gasteiger partial charge in [0.25, 0.3) is 0 Å². The van der Waals surface area contributed by atoms with E-state index in [1.807, 2.05) is 10.3 Å². The highest BCUT2D eigenvalue weighted by atomic mass is 32.1. The molecule has 0 aliphatic heterocycles. The van der Waals surface area contributed by atoms with Crippen molar-refractivity contribution in [3.05, 3.63) is 52.4 Å². The first-order chi connectivity index (χ1) is 13.0. The van der Waals surface area contributed by atoms with Crippen LogP contribution in [0.25, 0.3) is 10.7 Å². The zero-order chi connectivity index (χ0) is 18.9. The van der Waals surface area contributed by atoms with Crippen LogP contribution in [0.4, 0.5) is 24.8 Å². The first-order valence-corrected chi connectivity index (χ1v) is 9.18. The molecular weight excluding hydrogens is 401 g/mol. The summed E-state index contributed by atoms with van der Waals surface area (Å²) in [6.45, 7) is 0.414. The number of nitrogens with zero attached hydrogens (tertiary/aromatic N) is 6. The summed E-state index contributed by atoms with van der Waals surface area (Å²) in [6.07, 6.45) is 0.0916. The third-order valence-electron chi connectivity index (χ3n) is 3.39. The van der Waals surface area contributed by atoms with Gasteiger partial charge < -0.3 is 9.42 Å². The average Bonchev–Trinajstić information content (AvgIpc) is 3.40. The van der Waals surface area contributed by atoms with Gasteiger partial charge in [0.1, 0.15) is 5.82 Å². The molecule has 0 bridgehead atoms. The second-order valence-corrected chi connectivity index (χ2v) is 7.07. The van der Waals surface area contributed by atoms with Crippen LogP contribution in [0, 0.1) is 0 Å². The molecule has 0 aliphatic rings. The van der Waals surface area contributed by atoms with Crippen molar-refractivity contribution in [2.75, 3.05) is 4.90 Å². The molecule has 0 aliphatic carbocycles. The van der Waals surface area contributed by atoms with Crippen LogP contribution >= 0.6 is 22.7 Å². The van der Waals surface area contributed by atoms with Crippen molar-refractivity contribution in [3.63, 3.8) is 0 Å². The van der Waals surface area contributed by atoms with Crippen molar-refractivity contribution in [1.82, 2.24) is 25.1 Å². The van der Waals surface area contributed by atoms with Crippen molar-refractivity contribution < 1.29 is 17.7 Å². The van der Waals surface area contributed by atoms with Gasteiger partial charge in [-0.25, -0.2) is 9.97 Å². The molecule has 0 saturated heterocycles. The van der Waals surface area contributed by atoms with Gasteiger partial charge in [-0.05, 0) is 12.1 Å². The Morgan fingerprint density at radius 2 is 2.00 bits per heavy atom. The van der Waals surface area contributed by atoms with E-state index in [0.29, 0.717) is 23.1 Å². The predicted molar refractivity (Wildman–Crippen MR) is 92.6 cm³/mol. The van der Waals surface area contributed by atoms with Gasteiger partial charge in [0.2, 0.25) is 5.82 Å². The summed E-state index contributed by atoms with van der Waals surface area (Å²) in [4.78, 5) is 19.3. The molecule has 0 unspecified atom stereocenters. The molecule has 138 valence electrons. The molecule has 0 atom stereocenters. The Balaban J connectivity index is 1.60. The number of halogens is 3. The van der Waals surface area contributed by atoms with Crippen molar-refractivity contribution in [2.24, 2.45) is 0 Å². The van der Waals surface area contributed by atoms with Gasteiger partial charge >= 0.3 is 12.1 Å². The Hall–Kier alpha value is -2.86. The smallest absolute Gasteiger partial charge is 0.329 e. The summed E-state index contributed by atoms with van der Waals surface area (Å²) in [5.74, 6) is -0.152. The van der Waals surface area contributed by atoms with Crippen molar-refractivity contribution >= 4 is 34.3 Å². The molecule has 0 aromatic carbocycles. The summed E-state index contributed by atoms with van der Waals surface area (Å²) in [6, 6.07) is 3.44. The van der Waals surface area contributed by atoms with Crippen LogP contribution in [0.2, 0.25) is 0 Å². The van der Waals surface area contributed by atoms with Crippen LogP contribution in [0.5, 0.6) is 0 Å². The molecule has 4 aromatic rings. The van der Waals surface area contributed by atoms with E-state index in [1.165, 1.54) is 22.7 Å². The number of anilines is 2. The molecule has 4 rings (SSSR count). The monoisotopic (exact) mass is 410 g/mol. The van der Waals surface area contributed by atoms with E-state index in [1.54, 1.807) is 36.2 Å². The minimum Gasteiger partial charge on any atom is -0.329 e. The molecule has 0 N–H and O–H groups in total. The third kappa shape index (κ3) is 3.80. The lowest BCUT2D eigenvalue weighted by molar-refractivity contribution is -0.159. The normalized spacial score (nSPS) is 11.7. The third-order valence-corrected chi connectivity index (χ3v) is 5.03. The van der Waals surface area contributed by atoms with E-state index in [4.69, 9.17) is 0 Å². The van der Waals surface area contributed by atoms with Gasteiger partial charge in [-0.3, -0.25) is 4.98 Å². The Morgan fingerprint density at radius 1 is 1.11 bits per heavy atom. The van der Waals surface area contributed by atoms with Crippen LogP contribution in [-0.2, 0) is 12.7 Å². The molecule has 0 fully saturated rings. The van der Waals surface area contributed by atoms with Gasteiger partial charge in [0.05, 0.1) is 23.1 Å². The van der Waals surface area contributed by atoms with Crippen molar-refractivity contribution in [2.45, 2.75) is 12.7 Å². The Labute approximate surface area is 158 Å². The number of hydrogen-bond acceptors (Lipinski definition) is 9. The maximum Gasteiger partial charge on any atom is 0.471 e. The Morgan fingerprint density at radius 3 is 2.67 bits per heavy atom. The van der Waals surface area contributed by atoms with E-state index in [9.17, 15) is 13.2 Å². The van der Waals surface area contributed by atoms with Crippen LogP contribution < -0.4 is 4.90 Å². The highest BCUT2D eigenvalue weighted by molar-refractivity contribution is 7.15. The van der Waals surface area contributed by atoms with Gasteiger partial charge in [-0.15, -0.1) is 22.7 Å². The summed E-state index contributed by atoms with van der Waals surface area (Å²) in [7, 11) is 0. The number of alkyl halides is 3. The Kier molecular flexibility index (Phi) is 4.58. The van der Waals surface area contributed by atoms with E-state index >= 15 is 0 Å². The van der Waals surface area contributed by atoms with Crippen molar-refractivity contribution in [1.29, 1.82) is 0 Å². The summed E-state index contributed by atoms with van der Waals surface area (Å²) in [5.41, 5.74) is 1.70. The summed E-state index contributed by atoms with van der Waals surface area (Å²) in [5, 5.41) is 5.28. The van der Waals surface area contributed by atoms with E-state index in [0.717, 1.165) is 4.88 Å².